The lowest BCUT2D eigenvalue weighted by Crippen LogP contribution is -2.46. The highest BCUT2D eigenvalue weighted by atomic mass is 16.5. The van der Waals surface area contributed by atoms with Crippen LogP contribution in [0.25, 0.3) is 0 Å². The van der Waals surface area contributed by atoms with Gasteiger partial charge < -0.3 is 15.4 Å². The van der Waals surface area contributed by atoms with Crippen LogP contribution >= 0.6 is 0 Å². The van der Waals surface area contributed by atoms with Gasteiger partial charge in [0.2, 0.25) is 0 Å². The molecule has 0 saturated carbocycles. The summed E-state index contributed by atoms with van der Waals surface area (Å²) in [7, 11) is 0. The molecule has 1 aromatic carbocycles. The van der Waals surface area contributed by atoms with Crippen molar-refractivity contribution in [3.8, 4) is 5.75 Å². The maximum absolute atomic E-state index is 12.4. The van der Waals surface area contributed by atoms with E-state index >= 15 is 0 Å². The number of fused-ring (bicyclic) bond motifs is 1. The van der Waals surface area contributed by atoms with Crippen LogP contribution in [0.2, 0.25) is 0 Å². The molecule has 0 fully saturated rings. The fourth-order valence-electron chi connectivity index (χ4n) is 2.41. The summed E-state index contributed by atoms with van der Waals surface area (Å²) in [6.07, 6.45) is 3.54. The molecule has 0 spiro atoms. The van der Waals surface area contributed by atoms with Crippen molar-refractivity contribution in [2.24, 2.45) is 0 Å². The lowest BCUT2D eigenvalue weighted by atomic mass is 10.1. The minimum Gasteiger partial charge on any atom is -0.478 e. The molecule has 4 nitrogen and oxygen atoms in total. The normalized spacial score (nSPS) is 18.1. The van der Waals surface area contributed by atoms with Crippen molar-refractivity contribution >= 4 is 17.3 Å². The molecule has 1 aliphatic rings. The molecular weight excluding hydrogens is 240 g/mol. The summed E-state index contributed by atoms with van der Waals surface area (Å²) < 4.78 is 5.74. The van der Waals surface area contributed by atoms with Crippen LogP contribution < -0.4 is 15.4 Å². The number of carbonyl (C=O) groups excluding carboxylic acids is 1. The van der Waals surface area contributed by atoms with Crippen molar-refractivity contribution in [3.63, 3.8) is 0 Å². The number of amides is 1. The first kappa shape index (κ1) is 13.7. The van der Waals surface area contributed by atoms with Gasteiger partial charge in [-0.1, -0.05) is 32.8 Å². The summed E-state index contributed by atoms with van der Waals surface area (Å²) in [5.41, 5.74) is 7.36. The summed E-state index contributed by atoms with van der Waals surface area (Å²) in [4.78, 5) is 14.2. The van der Waals surface area contributed by atoms with E-state index in [0.29, 0.717) is 18.7 Å². The summed E-state index contributed by atoms with van der Waals surface area (Å²) in [6.45, 7) is 4.83. The first-order valence-corrected chi connectivity index (χ1v) is 7.05. The van der Waals surface area contributed by atoms with Crippen LogP contribution in [-0.4, -0.2) is 18.6 Å². The molecule has 2 rings (SSSR count). The highest BCUT2D eigenvalue weighted by Crippen LogP contribution is 2.39. The van der Waals surface area contributed by atoms with E-state index in [1.165, 1.54) is 0 Å². The van der Waals surface area contributed by atoms with Crippen molar-refractivity contribution < 1.29 is 9.53 Å². The van der Waals surface area contributed by atoms with E-state index in [4.69, 9.17) is 10.5 Å². The number of anilines is 2. The van der Waals surface area contributed by atoms with Gasteiger partial charge >= 0.3 is 0 Å². The second-order valence-corrected chi connectivity index (χ2v) is 4.91. The van der Waals surface area contributed by atoms with Gasteiger partial charge in [0.05, 0.1) is 5.69 Å². The van der Waals surface area contributed by atoms with Gasteiger partial charge in [0.1, 0.15) is 11.4 Å². The molecule has 4 heteroatoms. The monoisotopic (exact) mass is 262 g/mol. The third-order valence-corrected chi connectivity index (χ3v) is 3.47. The van der Waals surface area contributed by atoms with Crippen molar-refractivity contribution in [3.05, 3.63) is 18.2 Å². The Labute approximate surface area is 114 Å². The van der Waals surface area contributed by atoms with Crippen LogP contribution in [-0.2, 0) is 4.79 Å². The minimum atomic E-state index is -0.379. The maximum atomic E-state index is 12.4. The van der Waals surface area contributed by atoms with Crippen LogP contribution in [0, 0.1) is 0 Å². The summed E-state index contributed by atoms with van der Waals surface area (Å²) in [5.74, 6) is 0.756. The summed E-state index contributed by atoms with van der Waals surface area (Å²) in [6, 6.07) is 5.56. The molecular formula is C15H22N2O2. The Morgan fingerprint density at radius 3 is 2.79 bits per heavy atom. The molecule has 1 aliphatic heterocycles. The van der Waals surface area contributed by atoms with Gasteiger partial charge in [-0.05, 0) is 25.0 Å². The zero-order valence-electron chi connectivity index (χ0n) is 11.7. The lowest BCUT2D eigenvalue weighted by Gasteiger charge is -2.34. The lowest BCUT2D eigenvalue weighted by molar-refractivity contribution is -0.126. The molecule has 0 saturated heterocycles. The quantitative estimate of drug-likeness (QED) is 0.655. The van der Waals surface area contributed by atoms with Crippen LogP contribution in [0.3, 0.4) is 0 Å². The van der Waals surface area contributed by atoms with Gasteiger partial charge in [0.25, 0.3) is 5.91 Å². The average molecular weight is 262 g/mol. The Morgan fingerprint density at radius 1 is 1.32 bits per heavy atom. The van der Waals surface area contributed by atoms with Crippen molar-refractivity contribution in [1.82, 2.24) is 0 Å². The predicted molar refractivity (Wildman–Crippen MR) is 77.4 cm³/mol. The molecule has 0 aromatic heterocycles. The van der Waals surface area contributed by atoms with E-state index < -0.39 is 0 Å². The van der Waals surface area contributed by atoms with Crippen LogP contribution in [0.1, 0.15) is 39.5 Å². The topological polar surface area (TPSA) is 55.6 Å². The fraction of sp³-hybridized carbons (Fsp3) is 0.533. The Bertz CT molecular complexity index is 459. The number of nitrogens with two attached hydrogens (primary N) is 1. The maximum Gasteiger partial charge on any atom is 0.268 e. The van der Waals surface area contributed by atoms with Gasteiger partial charge in [0.15, 0.2) is 6.10 Å². The van der Waals surface area contributed by atoms with Gasteiger partial charge in [0, 0.05) is 6.54 Å². The van der Waals surface area contributed by atoms with E-state index in [1.807, 2.05) is 25.1 Å². The Morgan fingerprint density at radius 2 is 2.11 bits per heavy atom. The number of unbranched alkanes of at least 4 members (excludes halogenated alkanes) is 2. The molecule has 1 heterocycles. The fourth-order valence-corrected chi connectivity index (χ4v) is 2.41. The van der Waals surface area contributed by atoms with E-state index in [-0.39, 0.29) is 12.0 Å². The zero-order valence-corrected chi connectivity index (χ0v) is 11.7. The number of carbonyl (C=O) groups is 1. The number of benzene rings is 1. The molecule has 0 radical (unpaired) electrons. The Hall–Kier alpha value is -1.71. The molecule has 1 amide bonds. The molecule has 2 N–H and O–H groups in total. The van der Waals surface area contributed by atoms with Crippen LogP contribution in [0.5, 0.6) is 5.75 Å². The number of hydrogen-bond acceptors (Lipinski definition) is 3. The standard InChI is InChI=1S/C15H22N2O2/c1-3-5-6-10-17-14-11(16)8-7-9-13(14)19-12(4-2)15(17)18/h7-9,12H,3-6,10,16H2,1-2H3. The Balaban J connectivity index is 2.30. The molecule has 0 bridgehead atoms. The second-order valence-electron chi connectivity index (χ2n) is 4.91. The smallest absolute Gasteiger partial charge is 0.268 e. The number of para-hydroxylation sites is 1. The van der Waals surface area contributed by atoms with E-state index in [1.54, 1.807) is 4.90 Å². The minimum absolute atomic E-state index is 0.0315. The molecule has 0 aliphatic carbocycles. The number of nitrogen functional groups attached to an aromatic ring is 1. The number of hydrogen-bond donors (Lipinski definition) is 1. The molecule has 1 atom stereocenters. The first-order valence-electron chi connectivity index (χ1n) is 7.05. The molecule has 19 heavy (non-hydrogen) atoms. The van der Waals surface area contributed by atoms with E-state index in [0.717, 1.165) is 30.7 Å². The van der Waals surface area contributed by atoms with Crippen molar-refractivity contribution in [2.45, 2.75) is 45.6 Å². The average Bonchev–Trinajstić information content (AvgIpc) is 2.41. The summed E-state index contributed by atoms with van der Waals surface area (Å²) >= 11 is 0. The highest BCUT2D eigenvalue weighted by Gasteiger charge is 2.34. The molecule has 1 unspecified atom stereocenters. The second kappa shape index (κ2) is 5.95. The summed E-state index contributed by atoms with van der Waals surface area (Å²) in [5, 5.41) is 0. The molecule has 104 valence electrons. The largest absolute Gasteiger partial charge is 0.478 e. The molecule has 1 aromatic rings. The predicted octanol–water partition coefficient (Wildman–Crippen LogP) is 2.96. The number of rotatable bonds is 5. The van der Waals surface area contributed by atoms with Gasteiger partial charge in [-0.25, -0.2) is 0 Å². The van der Waals surface area contributed by atoms with Gasteiger partial charge in [-0.3, -0.25) is 4.79 Å². The van der Waals surface area contributed by atoms with Crippen LogP contribution in [0.4, 0.5) is 11.4 Å². The highest BCUT2D eigenvalue weighted by molar-refractivity contribution is 6.02. The third-order valence-electron chi connectivity index (χ3n) is 3.47. The van der Waals surface area contributed by atoms with Crippen LogP contribution in [0.15, 0.2) is 18.2 Å². The number of ether oxygens (including phenoxy) is 1. The SMILES string of the molecule is CCCCCN1C(=O)C(CC)Oc2cccc(N)c21. The Kier molecular flexibility index (Phi) is 4.30. The van der Waals surface area contributed by atoms with E-state index in [2.05, 4.69) is 6.92 Å². The zero-order chi connectivity index (χ0) is 13.8. The van der Waals surface area contributed by atoms with E-state index in [9.17, 15) is 4.79 Å². The van der Waals surface area contributed by atoms with Crippen molar-refractivity contribution in [2.75, 3.05) is 17.2 Å². The van der Waals surface area contributed by atoms with Gasteiger partial charge in [-0.15, -0.1) is 0 Å². The van der Waals surface area contributed by atoms with Gasteiger partial charge in [-0.2, -0.15) is 0 Å². The third kappa shape index (κ3) is 2.67. The first-order chi connectivity index (χ1) is 9.19. The van der Waals surface area contributed by atoms with Crippen molar-refractivity contribution in [1.29, 1.82) is 0 Å². The number of nitrogens with zero attached hydrogens (tertiary/aromatic N) is 1.